The summed E-state index contributed by atoms with van der Waals surface area (Å²) in [6.07, 6.45) is 3.04. The number of nitrogens with zero attached hydrogens (tertiary/aromatic N) is 3. The van der Waals surface area contributed by atoms with Gasteiger partial charge in [0.2, 0.25) is 0 Å². The molecule has 0 aliphatic carbocycles. The second kappa shape index (κ2) is 7.39. The standard InChI is InChI=1S/C23H26FN5O2/c1-3-23(31-2)18-16(8-11-26-20(18)27-21(23)30)19-15-6-4-5-7-17(15)29(28-19)14-22(24)9-12-25-13-10-22/h4-8,11,25H,3,9-10,12-14H2,1-2H3,(H,26,27,30)/t23-/m0/s1. The van der Waals surface area contributed by atoms with Crippen LogP contribution in [0.5, 0.6) is 0 Å². The van der Waals surface area contributed by atoms with Crippen LogP contribution in [0.2, 0.25) is 0 Å². The van der Waals surface area contributed by atoms with E-state index in [9.17, 15) is 4.79 Å². The Hall–Kier alpha value is -2.84. The minimum Gasteiger partial charge on any atom is -0.363 e. The van der Waals surface area contributed by atoms with E-state index in [-0.39, 0.29) is 12.5 Å². The van der Waals surface area contributed by atoms with Crippen LogP contribution in [0.1, 0.15) is 31.7 Å². The lowest BCUT2D eigenvalue weighted by Crippen LogP contribution is -2.41. The normalized spacial score (nSPS) is 22.5. The van der Waals surface area contributed by atoms with Crippen LogP contribution in [0.3, 0.4) is 0 Å². The molecule has 2 aliphatic rings. The van der Waals surface area contributed by atoms with E-state index < -0.39 is 11.3 Å². The van der Waals surface area contributed by atoms with Gasteiger partial charge in [-0.25, -0.2) is 9.37 Å². The fourth-order valence-electron chi connectivity index (χ4n) is 4.91. The van der Waals surface area contributed by atoms with Crippen molar-refractivity contribution in [3.63, 3.8) is 0 Å². The van der Waals surface area contributed by atoms with Crippen LogP contribution < -0.4 is 10.6 Å². The second-order valence-electron chi connectivity index (χ2n) is 8.35. The first-order valence-electron chi connectivity index (χ1n) is 10.7. The summed E-state index contributed by atoms with van der Waals surface area (Å²) in [5.41, 5.74) is 0.626. The maximum Gasteiger partial charge on any atom is 0.262 e. The van der Waals surface area contributed by atoms with Gasteiger partial charge >= 0.3 is 0 Å². The van der Waals surface area contributed by atoms with Gasteiger partial charge in [0.05, 0.1) is 12.1 Å². The second-order valence-corrected chi connectivity index (χ2v) is 8.35. The Balaban J connectivity index is 1.68. The van der Waals surface area contributed by atoms with Crippen molar-refractivity contribution < 1.29 is 13.9 Å². The van der Waals surface area contributed by atoms with Crippen molar-refractivity contribution in [2.45, 2.75) is 44.0 Å². The van der Waals surface area contributed by atoms with E-state index in [4.69, 9.17) is 9.84 Å². The zero-order valence-electron chi connectivity index (χ0n) is 17.7. The predicted molar refractivity (Wildman–Crippen MR) is 117 cm³/mol. The fraction of sp³-hybridized carbons (Fsp3) is 0.435. The van der Waals surface area contributed by atoms with Gasteiger partial charge in [0, 0.05) is 29.8 Å². The first-order chi connectivity index (χ1) is 15.0. The van der Waals surface area contributed by atoms with Crippen LogP contribution in [0.4, 0.5) is 10.2 Å². The first kappa shape index (κ1) is 20.1. The number of amides is 1. The van der Waals surface area contributed by atoms with Gasteiger partial charge in [-0.3, -0.25) is 9.48 Å². The fourth-order valence-corrected chi connectivity index (χ4v) is 4.91. The monoisotopic (exact) mass is 423 g/mol. The van der Waals surface area contributed by atoms with Gasteiger partial charge < -0.3 is 15.4 Å². The summed E-state index contributed by atoms with van der Waals surface area (Å²) in [6, 6.07) is 9.69. The molecule has 2 aromatic heterocycles. The maximum absolute atomic E-state index is 15.5. The highest BCUT2D eigenvalue weighted by Gasteiger charge is 2.49. The van der Waals surface area contributed by atoms with E-state index in [1.807, 2.05) is 37.3 Å². The summed E-state index contributed by atoms with van der Waals surface area (Å²) < 4.78 is 23.0. The van der Waals surface area contributed by atoms with Gasteiger partial charge in [-0.1, -0.05) is 25.1 Å². The molecule has 1 saturated heterocycles. The number of nitrogens with one attached hydrogen (secondary N) is 2. The lowest BCUT2D eigenvalue weighted by atomic mass is 9.88. The number of rotatable bonds is 5. The number of pyridine rings is 1. The third-order valence-corrected chi connectivity index (χ3v) is 6.65. The number of piperidine rings is 1. The lowest BCUT2D eigenvalue weighted by molar-refractivity contribution is -0.137. The van der Waals surface area contributed by atoms with Crippen molar-refractivity contribution in [2.75, 3.05) is 25.5 Å². The molecule has 1 atom stereocenters. The maximum atomic E-state index is 15.5. The molecule has 0 bridgehead atoms. The topological polar surface area (TPSA) is 81.1 Å². The largest absolute Gasteiger partial charge is 0.363 e. The van der Waals surface area contributed by atoms with Crippen molar-refractivity contribution in [1.82, 2.24) is 20.1 Å². The van der Waals surface area contributed by atoms with Gasteiger partial charge in [0.15, 0.2) is 5.60 Å². The summed E-state index contributed by atoms with van der Waals surface area (Å²) >= 11 is 0. The molecule has 1 aromatic carbocycles. The summed E-state index contributed by atoms with van der Waals surface area (Å²) in [5.74, 6) is 0.263. The highest BCUT2D eigenvalue weighted by molar-refractivity contribution is 6.07. The molecule has 162 valence electrons. The van der Waals surface area contributed by atoms with Crippen LogP contribution in [0.15, 0.2) is 36.5 Å². The first-order valence-corrected chi connectivity index (χ1v) is 10.7. The summed E-state index contributed by atoms with van der Waals surface area (Å²) in [5, 5.41) is 11.8. The summed E-state index contributed by atoms with van der Waals surface area (Å²) in [6.45, 7) is 3.45. The minimum absolute atomic E-state index is 0.197. The summed E-state index contributed by atoms with van der Waals surface area (Å²) in [4.78, 5) is 17.2. The van der Waals surface area contributed by atoms with Crippen LogP contribution in [0, 0.1) is 0 Å². The van der Waals surface area contributed by atoms with Crippen LogP contribution >= 0.6 is 0 Å². The number of carbonyl (C=O) groups excluding carboxylic acids is 1. The zero-order valence-corrected chi connectivity index (χ0v) is 17.7. The van der Waals surface area contributed by atoms with E-state index in [2.05, 4.69) is 15.6 Å². The molecule has 8 heteroatoms. The number of hydrogen-bond acceptors (Lipinski definition) is 5. The molecule has 0 unspecified atom stereocenters. The molecule has 4 heterocycles. The third kappa shape index (κ3) is 3.04. The molecule has 5 rings (SSSR count). The van der Waals surface area contributed by atoms with E-state index in [1.165, 1.54) is 7.11 Å². The minimum atomic E-state index is -1.30. The zero-order chi connectivity index (χ0) is 21.6. The average molecular weight is 423 g/mol. The number of fused-ring (bicyclic) bond motifs is 2. The Bertz CT molecular complexity index is 1150. The van der Waals surface area contributed by atoms with Crippen LogP contribution in [-0.2, 0) is 21.7 Å². The quantitative estimate of drug-likeness (QED) is 0.658. The number of hydrogen-bond donors (Lipinski definition) is 2. The molecule has 31 heavy (non-hydrogen) atoms. The lowest BCUT2D eigenvalue weighted by Gasteiger charge is -2.30. The van der Waals surface area contributed by atoms with Crippen LogP contribution in [0.25, 0.3) is 22.2 Å². The van der Waals surface area contributed by atoms with E-state index >= 15 is 4.39 Å². The number of methoxy groups -OCH3 is 1. The Labute approximate surface area is 180 Å². The number of benzene rings is 1. The SMILES string of the molecule is CC[C@@]1(OC)C(=O)Nc2nccc(-c3nn(CC4(F)CCNCC4)c4ccccc34)c21. The van der Waals surface area contributed by atoms with Gasteiger partial charge in [-0.2, -0.15) is 5.10 Å². The van der Waals surface area contributed by atoms with Gasteiger partial charge in [-0.05, 0) is 44.5 Å². The summed E-state index contributed by atoms with van der Waals surface area (Å²) in [7, 11) is 1.54. The van der Waals surface area contributed by atoms with Gasteiger partial charge in [-0.15, -0.1) is 0 Å². The Morgan fingerprint density at radius 3 is 2.74 bits per heavy atom. The van der Waals surface area contributed by atoms with Gasteiger partial charge in [0.1, 0.15) is 17.2 Å². The molecule has 0 saturated carbocycles. The number of halogens is 1. The van der Waals surface area contributed by atoms with Crippen molar-refractivity contribution in [3.05, 3.63) is 42.1 Å². The van der Waals surface area contributed by atoms with E-state index in [0.29, 0.717) is 49.4 Å². The third-order valence-electron chi connectivity index (χ3n) is 6.65. The number of para-hydroxylation sites is 1. The molecule has 1 fully saturated rings. The van der Waals surface area contributed by atoms with E-state index in [0.717, 1.165) is 16.5 Å². The molecular formula is C23H26FN5O2. The highest BCUT2D eigenvalue weighted by Crippen LogP contribution is 2.46. The highest BCUT2D eigenvalue weighted by atomic mass is 19.1. The Kier molecular flexibility index (Phi) is 4.79. The van der Waals surface area contributed by atoms with Gasteiger partial charge in [0.25, 0.3) is 5.91 Å². The number of carbonyl (C=O) groups is 1. The van der Waals surface area contributed by atoms with E-state index in [1.54, 1.807) is 10.9 Å². The predicted octanol–water partition coefficient (Wildman–Crippen LogP) is 3.39. The Morgan fingerprint density at radius 1 is 1.23 bits per heavy atom. The molecule has 2 aliphatic heterocycles. The Morgan fingerprint density at radius 2 is 2.00 bits per heavy atom. The van der Waals surface area contributed by atoms with Crippen molar-refractivity contribution in [2.24, 2.45) is 0 Å². The average Bonchev–Trinajstić information content (AvgIpc) is 3.28. The molecule has 7 nitrogen and oxygen atoms in total. The van der Waals surface area contributed by atoms with Crippen LogP contribution in [-0.4, -0.2) is 46.5 Å². The number of alkyl halides is 1. The number of anilines is 1. The number of ether oxygens (including phenoxy) is 1. The molecule has 0 radical (unpaired) electrons. The smallest absolute Gasteiger partial charge is 0.262 e. The molecule has 2 N–H and O–H groups in total. The van der Waals surface area contributed by atoms with Crippen molar-refractivity contribution in [1.29, 1.82) is 0 Å². The number of aromatic nitrogens is 3. The molecule has 1 amide bonds. The van der Waals surface area contributed by atoms with Crippen molar-refractivity contribution >= 4 is 22.6 Å². The molecule has 3 aromatic rings. The molecular weight excluding hydrogens is 397 g/mol. The van der Waals surface area contributed by atoms with Crippen molar-refractivity contribution in [3.8, 4) is 11.3 Å². The molecule has 0 spiro atoms.